The van der Waals surface area contributed by atoms with Crippen molar-refractivity contribution in [1.29, 1.82) is 0 Å². The first-order chi connectivity index (χ1) is 20.5. The van der Waals surface area contributed by atoms with Gasteiger partial charge < -0.3 is 19.3 Å². The van der Waals surface area contributed by atoms with E-state index in [1.165, 1.54) is 11.1 Å². The van der Waals surface area contributed by atoms with E-state index < -0.39 is 5.60 Å². The molecule has 2 unspecified atom stereocenters. The van der Waals surface area contributed by atoms with Crippen LogP contribution in [0.1, 0.15) is 64.6 Å². The van der Waals surface area contributed by atoms with Gasteiger partial charge in [0.15, 0.2) is 0 Å². The normalized spacial score (nSPS) is 27.5. The van der Waals surface area contributed by atoms with Crippen LogP contribution in [0.25, 0.3) is 0 Å². The number of aryl methyl sites for hydroxylation is 1. The molecule has 0 bridgehead atoms. The molecule has 4 aliphatic rings. The molecule has 5 rings (SSSR count). The molecule has 1 saturated heterocycles. The van der Waals surface area contributed by atoms with Crippen LogP contribution in [-0.2, 0) is 14.3 Å². The molecular weight excluding hydrogens is 540 g/mol. The quantitative estimate of drug-likeness (QED) is 0.412. The van der Waals surface area contributed by atoms with Gasteiger partial charge in [0.1, 0.15) is 11.4 Å². The zero-order chi connectivity index (χ0) is 30.9. The van der Waals surface area contributed by atoms with Gasteiger partial charge in [-0.1, -0.05) is 53.6 Å². The number of rotatable bonds is 6. The minimum absolute atomic E-state index is 0.0389. The number of benzene rings is 1. The summed E-state index contributed by atoms with van der Waals surface area (Å²) in [6.07, 6.45) is 12.0. The highest BCUT2D eigenvalue weighted by Gasteiger charge is 2.50. The van der Waals surface area contributed by atoms with Crippen LogP contribution in [0.2, 0.25) is 0 Å². The summed E-state index contributed by atoms with van der Waals surface area (Å²) in [5, 5.41) is 0. The van der Waals surface area contributed by atoms with Crippen molar-refractivity contribution < 1.29 is 19.1 Å². The minimum atomic E-state index is -0.745. The summed E-state index contributed by atoms with van der Waals surface area (Å²) in [5.74, 6) is 1.59. The smallest absolute Gasteiger partial charge is 0.326 e. The SMILES string of the molecule is COC1=CC=C(C2=N[C@@H](c3ccc(C)cc3)[C@@H](C3C=CC(C)=CC3)N2C(=O)N2CCN(C(C)=O)CC2)C(C)(OC(C)C)C1. The summed E-state index contributed by atoms with van der Waals surface area (Å²) in [5.41, 5.74) is 3.62. The number of carbonyl (C=O) groups is 2. The Labute approximate surface area is 256 Å². The molecule has 0 aromatic heterocycles. The zero-order valence-corrected chi connectivity index (χ0v) is 26.7. The number of hydrogen-bond acceptors (Lipinski definition) is 5. The number of aliphatic imine (C=N–C) groups is 1. The molecule has 1 aromatic rings. The van der Waals surface area contributed by atoms with Gasteiger partial charge in [-0.3, -0.25) is 14.7 Å². The zero-order valence-electron chi connectivity index (χ0n) is 26.7. The number of allylic oxidation sites excluding steroid dienone is 5. The Bertz CT molecular complexity index is 1380. The topological polar surface area (TPSA) is 74.7 Å². The van der Waals surface area contributed by atoms with Gasteiger partial charge in [-0.2, -0.15) is 0 Å². The average Bonchev–Trinajstić information content (AvgIpc) is 3.36. The van der Waals surface area contributed by atoms with E-state index >= 15 is 0 Å². The van der Waals surface area contributed by atoms with Crippen LogP contribution in [0.4, 0.5) is 4.79 Å². The third-order valence-electron chi connectivity index (χ3n) is 9.00. The lowest BCUT2D eigenvalue weighted by Gasteiger charge is -2.43. The lowest BCUT2D eigenvalue weighted by molar-refractivity contribution is -0.130. The number of hydrogen-bond donors (Lipinski definition) is 0. The van der Waals surface area contributed by atoms with E-state index in [2.05, 4.69) is 63.3 Å². The molecule has 8 nitrogen and oxygen atoms in total. The molecule has 43 heavy (non-hydrogen) atoms. The van der Waals surface area contributed by atoms with E-state index in [1.54, 1.807) is 18.9 Å². The van der Waals surface area contributed by atoms with Crippen molar-refractivity contribution in [2.45, 2.75) is 78.2 Å². The van der Waals surface area contributed by atoms with Gasteiger partial charge in [-0.15, -0.1) is 0 Å². The Balaban J connectivity index is 1.64. The van der Waals surface area contributed by atoms with Gasteiger partial charge in [0, 0.05) is 51.0 Å². The molecule has 1 aromatic carbocycles. The number of carbonyl (C=O) groups excluding carboxylic acids is 2. The molecule has 0 radical (unpaired) electrons. The Morgan fingerprint density at radius 1 is 1.02 bits per heavy atom. The first kappa shape index (κ1) is 30.8. The third-order valence-corrected chi connectivity index (χ3v) is 9.00. The standard InChI is InChI=1S/C35H46N4O4/c1-23(2)43-35(6)22-29(42-7)16-17-30(35)33-36-31(27-12-8-24(3)9-13-27)32(28-14-10-25(4)11-15-28)39(33)34(41)38-20-18-37(19-21-38)26(5)40/h8-14,16-17,23,28,31-32H,15,18-22H2,1-7H3/t28?,31-,32+,35?/m0/s1. The number of ether oxygens (including phenoxy) is 2. The molecule has 0 saturated carbocycles. The predicted molar refractivity (Wildman–Crippen MR) is 170 cm³/mol. The number of methoxy groups -OCH3 is 1. The van der Waals surface area contributed by atoms with Crippen molar-refractivity contribution >= 4 is 17.8 Å². The fraction of sp³-hybridized carbons (Fsp3) is 0.514. The lowest BCUT2D eigenvalue weighted by Crippen LogP contribution is -2.58. The molecule has 8 heteroatoms. The summed E-state index contributed by atoms with van der Waals surface area (Å²) < 4.78 is 12.3. The number of nitrogens with zero attached hydrogens (tertiary/aromatic N) is 4. The monoisotopic (exact) mass is 586 g/mol. The van der Waals surface area contributed by atoms with Gasteiger partial charge in [-0.25, -0.2) is 4.79 Å². The van der Waals surface area contributed by atoms with Crippen LogP contribution in [0.3, 0.4) is 0 Å². The van der Waals surface area contributed by atoms with Crippen molar-refractivity contribution in [3.63, 3.8) is 0 Å². The van der Waals surface area contributed by atoms with Gasteiger partial charge in [0.05, 0.1) is 31.1 Å². The van der Waals surface area contributed by atoms with E-state index in [9.17, 15) is 9.59 Å². The maximum atomic E-state index is 14.8. The molecule has 1 fully saturated rings. The van der Waals surface area contributed by atoms with Crippen molar-refractivity contribution in [1.82, 2.24) is 14.7 Å². The summed E-state index contributed by atoms with van der Waals surface area (Å²) >= 11 is 0. The number of urea groups is 1. The highest BCUT2D eigenvalue weighted by molar-refractivity contribution is 6.10. The maximum absolute atomic E-state index is 14.8. The summed E-state index contributed by atoms with van der Waals surface area (Å²) in [4.78, 5) is 37.9. The molecule has 4 atom stereocenters. The molecule has 2 aliphatic heterocycles. The van der Waals surface area contributed by atoms with E-state index in [0.29, 0.717) is 38.4 Å². The van der Waals surface area contributed by atoms with Crippen LogP contribution in [0.15, 0.2) is 76.5 Å². The second-order valence-electron chi connectivity index (χ2n) is 12.6. The fourth-order valence-electron chi connectivity index (χ4n) is 6.71. The van der Waals surface area contributed by atoms with Crippen LogP contribution in [-0.4, -0.2) is 83.5 Å². The second-order valence-corrected chi connectivity index (χ2v) is 12.6. The average molecular weight is 587 g/mol. The second kappa shape index (κ2) is 12.5. The molecule has 2 heterocycles. The number of amides is 3. The Morgan fingerprint density at radius 3 is 2.28 bits per heavy atom. The Morgan fingerprint density at radius 2 is 1.70 bits per heavy atom. The molecule has 3 amide bonds. The summed E-state index contributed by atoms with van der Waals surface area (Å²) in [7, 11) is 1.68. The highest BCUT2D eigenvalue weighted by Crippen LogP contribution is 2.45. The van der Waals surface area contributed by atoms with Gasteiger partial charge in [0.2, 0.25) is 5.91 Å². The predicted octanol–water partition coefficient (Wildman–Crippen LogP) is 5.97. The van der Waals surface area contributed by atoms with Gasteiger partial charge in [-0.05, 0) is 58.8 Å². The number of piperazine rings is 1. The highest BCUT2D eigenvalue weighted by atomic mass is 16.5. The fourth-order valence-corrected chi connectivity index (χ4v) is 6.71. The van der Waals surface area contributed by atoms with Crippen LogP contribution < -0.4 is 0 Å². The summed E-state index contributed by atoms with van der Waals surface area (Å²) in [6.45, 7) is 13.9. The van der Waals surface area contributed by atoms with Crippen molar-refractivity contribution in [3.05, 3.63) is 82.7 Å². The van der Waals surface area contributed by atoms with E-state index in [4.69, 9.17) is 14.5 Å². The van der Waals surface area contributed by atoms with E-state index in [1.807, 2.05) is 35.8 Å². The molecular formula is C35H46N4O4. The summed E-state index contributed by atoms with van der Waals surface area (Å²) in [6, 6.07) is 7.97. The van der Waals surface area contributed by atoms with Crippen LogP contribution in [0, 0.1) is 12.8 Å². The molecule has 0 spiro atoms. The lowest BCUT2D eigenvalue weighted by atomic mass is 9.83. The van der Waals surface area contributed by atoms with Crippen LogP contribution in [0.5, 0.6) is 0 Å². The largest absolute Gasteiger partial charge is 0.501 e. The number of amidine groups is 1. The third kappa shape index (κ3) is 6.35. The van der Waals surface area contributed by atoms with E-state index in [0.717, 1.165) is 23.3 Å². The molecule has 2 aliphatic carbocycles. The van der Waals surface area contributed by atoms with Gasteiger partial charge in [0.25, 0.3) is 0 Å². The van der Waals surface area contributed by atoms with Gasteiger partial charge >= 0.3 is 6.03 Å². The Kier molecular flexibility index (Phi) is 8.97. The van der Waals surface area contributed by atoms with E-state index in [-0.39, 0.29) is 36.0 Å². The first-order valence-electron chi connectivity index (χ1n) is 15.5. The Hall–Kier alpha value is -3.65. The molecule has 230 valence electrons. The maximum Gasteiger partial charge on any atom is 0.326 e. The van der Waals surface area contributed by atoms with Crippen molar-refractivity contribution in [2.24, 2.45) is 10.9 Å². The first-order valence-corrected chi connectivity index (χ1v) is 15.5. The van der Waals surface area contributed by atoms with Crippen molar-refractivity contribution in [3.8, 4) is 0 Å². The minimum Gasteiger partial charge on any atom is -0.501 e. The molecule has 0 N–H and O–H groups in total. The van der Waals surface area contributed by atoms with Crippen LogP contribution >= 0.6 is 0 Å². The van der Waals surface area contributed by atoms with Crippen molar-refractivity contribution in [2.75, 3.05) is 33.3 Å².